The molecule has 0 aromatic carbocycles. The Balaban J connectivity index is 2.16. The van der Waals surface area contributed by atoms with Crippen molar-refractivity contribution < 1.29 is 9.84 Å². The number of aromatic nitrogens is 1. The largest absolute Gasteiger partial charge is 0.364 e. The van der Waals surface area contributed by atoms with Gasteiger partial charge in [0.25, 0.3) is 0 Å². The summed E-state index contributed by atoms with van der Waals surface area (Å²) >= 11 is 1.55. The quantitative estimate of drug-likeness (QED) is 0.795. The maximum Gasteiger partial charge on any atom is 0.192 e. The number of rotatable bonds is 3. The van der Waals surface area contributed by atoms with Gasteiger partial charge in [-0.3, -0.25) is 0 Å². The van der Waals surface area contributed by atoms with Gasteiger partial charge in [-0.15, -0.1) is 11.3 Å². The Labute approximate surface area is 99.7 Å². The van der Waals surface area contributed by atoms with Gasteiger partial charge in [-0.25, -0.2) is 4.98 Å². The molecule has 2 N–H and O–H groups in total. The number of ether oxygens (including phenoxy) is 1. The second-order valence-electron chi connectivity index (χ2n) is 4.09. The first-order valence-electron chi connectivity index (χ1n) is 5.64. The molecule has 5 heteroatoms. The molecular formula is C11H18N2O2S. The molecule has 4 nitrogen and oxygen atoms in total. The molecule has 2 rings (SSSR count). The summed E-state index contributed by atoms with van der Waals surface area (Å²) in [7, 11) is 1.50. The lowest BCUT2D eigenvalue weighted by Crippen LogP contribution is -2.26. The van der Waals surface area contributed by atoms with Crippen molar-refractivity contribution in [2.45, 2.75) is 38.5 Å². The number of methoxy groups -OCH3 is 1. The Morgan fingerprint density at radius 3 is 3.00 bits per heavy atom. The van der Waals surface area contributed by atoms with Crippen LogP contribution in [0.3, 0.4) is 0 Å². The van der Waals surface area contributed by atoms with E-state index in [1.807, 2.05) is 6.92 Å². The molecule has 0 amide bonds. The highest BCUT2D eigenvalue weighted by molar-refractivity contribution is 7.11. The van der Waals surface area contributed by atoms with Gasteiger partial charge >= 0.3 is 0 Å². The lowest BCUT2D eigenvalue weighted by Gasteiger charge is -2.21. The average Bonchev–Trinajstić information content (AvgIpc) is 2.71. The van der Waals surface area contributed by atoms with Gasteiger partial charge in [0.15, 0.2) is 6.29 Å². The Kier molecular flexibility index (Phi) is 3.91. The van der Waals surface area contributed by atoms with Crippen LogP contribution in [0.2, 0.25) is 0 Å². The molecule has 0 saturated carbocycles. The topological polar surface area (TPSA) is 54.4 Å². The zero-order valence-corrected chi connectivity index (χ0v) is 10.5. The lowest BCUT2D eigenvalue weighted by molar-refractivity contribution is -0.0748. The maximum atomic E-state index is 9.65. The molecule has 0 aliphatic carbocycles. The summed E-state index contributed by atoms with van der Waals surface area (Å²) in [5.74, 6) is 0. The van der Waals surface area contributed by atoms with E-state index in [9.17, 15) is 5.11 Å². The van der Waals surface area contributed by atoms with Gasteiger partial charge in [-0.2, -0.15) is 0 Å². The zero-order chi connectivity index (χ0) is 11.5. The summed E-state index contributed by atoms with van der Waals surface area (Å²) in [4.78, 5) is 5.34. The molecule has 0 spiro atoms. The summed E-state index contributed by atoms with van der Waals surface area (Å²) in [6.45, 7) is 2.98. The van der Waals surface area contributed by atoms with Crippen LogP contribution in [-0.4, -0.2) is 23.7 Å². The van der Waals surface area contributed by atoms with Gasteiger partial charge in [-0.1, -0.05) is 6.42 Å². The zero-order valence-electron chi connectivity index (χ0n) is 9.69. The molecule has 1 aromatic rings. The molecular weight excluding hydrogens is 224 g/mol. The lowest BCUT2D eigenvalue weighted by atomic mass is 10.1. The van der Waals surface area contributed by atoms with E-state index < -0.39 is 6.29 Å². The summed E-state index contributed by atoms with van der Waals surface area (Å²) < 4.78 is 4.92. The van der Waals surface area contributed by atoms with Crippen LogP contribution in [0.15, 0.2) is 0 Å². The van der Waals surface area contributed by atoms with Crippen molar-refractivity contribution in [3.8, 4) is 0 Å². The Morgan fingerprint density at radius 2 is 2.38 bits per heavy atom. The predicted octanol–water partition coefficient (Wildman–Crippen LogP) is 1.90. The highest BCUT2D eigenvalue weighted by Crippen LogP contribution is 2.32. The Hall–Kier alpha value is -0.490. The molecule has 2 atom stereocenters. The third-order valence-electron chi connectivity index (χ3n) is 2.90. The fraction of sp³-hybridized carbons (Fsp3) is 0.727. The van der Waals surface area contributed by atoms with Crippen molar-refractivity contribution in [1.29, 1.82) is 0 Å². The van der Waals surface area contributed by atoms with Crippen molar-refractivity contribution in [1.82, 2.24) is 10.3 Å². The fourth-order valence-electron chi connectivity index (χ4n) is 1.98. The maximum absolute atomic E-state index is 9.65. The molecule has 1 aliphatic heterocycles. The van der Waals surface area contributed by atoms with Crippen LogP contribution in [0.1, 0.15) is 47.2 Å². The average molecular weight is 242 g/mol. The SMILES string of the molecule is COC(O)c1sc(C2CCCCN2)nc1C. The summed E-state index contributed by atoms with van der Waals surface area (Å²) in [6, 6.07) is 0.357. The van der Waals surface area contributed by atoms with Gasteiger partial charge < -0.3 is 15.2 Å². The number of aliphatic hydroxyl groups excluding tert-OH is 1. The van der Waals surface area contributed by atoms with Gasteiger partial charge in [-0.05, 0) is 26.3 Å². The minimum Gasteiger partial charge on any atom is -0.364 e. The number of piperidine rings is 1. The van der Waals surface area contributed by atoms with Gasteiger partial charge in [0, 0.05) is 7.11 Å². The molecule has 90 valence electrons. The van der Waals surface area contributed by atoms with Crippen molar-refractivity contribution in [2.75, 3.05) is 13.7 Å². The monoisotopic (exact) mass is 242 g/mol. The number of hydrogen-bond donors (Lipinski definition) is 2. The third kappa shape index (κ3) is 2.43. The van der Waals surface area contributed by atoms with Crippen LogP contribution in [0.5, 0.6) is 0 Å². The van der Waals surface area contributed by atoms with Crippen LogP contribution in [0.4, 0.5) is 0 Å². The van der Waals surface area contributed by atoms with E-state index in [1.54, 1.807) is 11.3 Å². The predicted molar refractivity (Wildman–Crippen MR) is 63.4 cm³/mol. The summed E-state index contributed by atoms with van der Waals surface area (Å²) in [5.41, 5.74) is 0.877. The van der Waals surface area contributed by atoms with E-state index in [4.69, 9.17) is 4.74 Å². The first-order valence-corrected chi connectivity index (χ1v) is 6.45. The van der Waals surface area contributed by atoms with E-state index in [2.05, 4.69) is 10.3 Å². The van der Waals surface area contributed by atoms with E-state index in [0.717, 1.165) is 28.5 Å². The molecule has 1 saturated heterocycles. The van der Waals surface area contributed by atoms with Gasteiger partial charge in [0.1, 0.15) is 5.01 Å². The Bertz CT molecular complexity index is 348. The normalized spacial score (nSPS) is 23.3. The number of aryl methyl sites for hydroxylation is 1. The number of aliphatic hydroxyl groups is 1. The van der Waals surface area contributed by atoms with Crippen molar-refractivity contribution in [3.63, 3.8) is 0 Å². The number of hydrogen-bond acceptors (Lipinski definition) is 5. The third-order valence-corrected chi connectivity index (χ3v) is 4.21. The van der Waals surface area contributed by atoms with E-state index in [0.29, 0.717) is 6.04 Å². The first kappa shape index (κ1) is 12.0. The van der Waals surface area contributed by atoms with Crippen LogP contribution >= 0.6 is 11.3 Å². The molecule has 2 unspecified atom stereocenters. The fourth-order valence-corrected chi connectivity index (χ4v) is 3.12. The van der Waals surface area contributed by atoms with Crippen molar-refractivity contribution in [2.24, 2.45) is 0 Å². The van der Waals surface area contributed by atoms with Crippen LogP contribution in [0.25, 0.3) is 0 Å². The molecule has 1 fully saturated rings. The van der Waals surface area contributed by atoms with Crippen LogP contribution in [0, 0.1) is 6.92 Å². The molecule has 2 heterocycles. The molecule has 1 aromatic heterocycles. The number of thiazole rings is 1. The number of nitrogens with zero attached hydrogens (tertiary/aromatic N) is 1. The highest BCUT2D eigenvalue weighted by Gasteiger charge is 2.22. The molecule has 1 aliphatic rings. The van der Waals surface area contributed by atoms with Crippen LogP contribution < -0.4 is 5.32 Å². The second-order valence-corrected chi connectivity index (χ2v) is 5.15. The minimum atomic E-state index is -0.838. The minimum absolute atomic E-state index is 0.357. The van der Waals surface area contributed by atoms with E-state index in [1.165, 1.54) is 20.0 Å². The van der Waals surface area contributed by atoms with Crippen molar-refractivity contribution >= 4 is 11.3 Å². The molecule has 0 radical (unpaired) electrons. The summed E-state index contributed by atoms with van der Waals surface area (Å²) in [6.07, 6.45) is 2.79. The second kappa shape index (κ2) is 5.23. The van der Waals surface area contributed by atoms with Crippen molar-refractivity contribution in [3.05, 3.63) is 15.6 Å². The Morgan fingerprint density at radius 1 is 1.56 bits per heavy atom. The first-order chi connectivity index (χ1) is 7.72. The standard InChI is InChI=1S/C11H18N2O2S/c1-7-9(11(14)15-2)16-10(13-7)8-5-3-4-6-12-8/h8,11-12,14H,3-6H2,1-2H3. The summed E-state index contributed by atoms with van der Waals surface area (Å²) in [5, 5.41) is 14.2. The van der Waals surface area contributed by atoms with Gasteiger partial charge in [0.2, 0.25) is 0 Å². The van der Waals surface area contributed by atoms with E-state index >= 15 is 0 Å². The smallest absolute Gasteiger partial charge is 0.192 e. The molecule has 16 heavy (non-hydrogen) atoms. The van der Waals surface area contributed by atoms with E-state index in [-0.39, 0.29) is 0 Å². The molecule has 0 bridgehead atoms. The van der Waals surface area contributed by atoms with Gasteiger partial charge in [0.05, 0.1) is 16.6 Å². The van der Waals surface area contributed by atoms with Crippen LogP contribution in [-0.2, 0) is 4.74 Å². The number of nitrogens with one attached hydrogen (secondary N) is 1. The highest BCUT2D eigenvalue weighted by atomic mass is 32.1.